The molecular formula is C31H60O4Si2. The number of allylic oxidation sites excluding steroid dienone is 3. The van der Waals surface area contributed by atoms with Gasteiger partial charge in [0.15, 0.2) is 22.9 Å². The van der Waals surface area contributed by atoms with E-state index in [2.05, 4.69) is 92.9 Å². The van der Waals surface area contributed by atoms with E-state index in [-0.39, 0.29) is 34.7 Å². The first-order valence-corrected chi connectivity index (χ1v) is 20.8. The normalized spacial score (nSPS) is 25.5. The molecule has 1 saturated heterocycles. The summed E-state index contributed by atoms with van der Waals surface area (Å²) in [6, 6.07) is 0. The van der Waals surface area contributed by atoms with Crippen LogP contribution in [-0.2, 0) is 18.3 Å². The van der Waals surface area contributed by atoms with Gasteiger partial charge >= 0.3 is 0 Å². The minimum Gasteiger partial charge on any atom is -0.414 e. The Morgan fingerprint density at radius 2 is 1.49 bits per heavy atom. The highest BCUT2D eigenvalue weighted by Gasteiger charge is 2.43. The van der Waals surface area contributed by atoms with Crippen LogP contribution in [0.5, 0.6) is 0 Å². The quantitative estimate of drug-likeness (QED) is 0.189. The van der Waals surface area contributed by atoms with Crippen molar-refractivity contribution in [2.75, 3.05) is 6.61 Å². The molecule has 1 aliphatic carbocycles. The SMILES string of the molecule is C[C@H](CCCC=CC=C1C[C@@H](O[Si](C)(C)C(C)(C)C)C[C@H](O[Si](C)(C)C(C)(C)C)C1)OC1CCCCO1. The summed E-state index contributed by atoms with van der Waals surface area (Å²) in [6.07, 6.45) is 17.5. The standard InChI is InChI=1S/C31H60O4Si2/c1-25(33-29-20-16-17-21-32-29)18-14-12-13-15-19-26-22-27(34-36(8,9)30(2,3)4)24-28(23-26)35-37(10,11)31(5,6)7/h13,15,19,25,27-29H,12,14,16-18,20-24H2,1-11H3/t25-,27-,28-,29?/m1/s1. The lowest BCUT2D eigenvalue weighted by atomic mass is 9.90. The molecule has 0 aromatic rings. The molecule has 6 heteroatoms. The second kappa shape index (κ2) is 13.9. The topological polar surface area (TPSA) is 36.9 Å². The fraction of sp³-hybridized carbons (Fsp3) is 0.871. The number of rotatable bonds is 11. The molecule has 0 spiro atoms. The number of hydrogen-bond donors (Lipinski definition) is 0. The average molecular weight is 553 g/mol. The first kappa shape index (κ1) is 33.0. The molecule has 0 aromatic heterocycles. The van der Waals surface area contributed by atoms with Crippen LogP contribution in [-0.4, -0.2) is 47.8 Å². The Bertz CT molecular complexity index is 701. The summed E-state index contributed by atoms with van der Waals surface area (Å²) in [5.74, 6) is 0. The Balaban J connectivity index is 1.95. The Labute approximate surface area is 232 Å². The maximum atomic E-state index is 6.92. The molecule has 2 fully saturated rings. The Morgan fingerprint density at radius 3 is 1.97 bits per heavy atom. The van der Waals surface area contributed by atoms with Crippen molar-refractivity contribution in [2.45, 2.75) is 167 Å². The Hall–Kier alpha value is -0.246. The van der Waals surface area contributed by atoms with Gasteiger partial charge in [-0.15, -0.1) is 0 Å². The molecule has 4 nitrogen and oxygen atoms in total. The van der Waals surface area contributed by atoms with Gasteiger partial charge in [0.25, 0.3) is 0 Å². The first-order valence-electron chi connectivity index (χ1n) is 15.0. The highest BCUT2D eigenvalue weighted by atomic mass is 28.4. The molecule has 1 unspecified atom stereocenters. The minimum absolute atomic E-state index is 0.0123. The summed E-state index contributed by atoms with van der Waals surface area (Å²) in [6.45, 7) is 26.5. The molecule has 0 radical (unpaired) electrons. The molecule has 0 aromatic carbocycles. The Kier molecular flexibility index (Phi) is 12.4. The van der Waals surface area contributed by atoms with Crippen LogP contribution in [0.15, 0.2) is 23.8 Å². The third-order valence-electron chi connectivity index (χ3n) is 9.01. The number of ether oxygens (including phenoxy) is 2. The van der Waals surface area contributed by atoms with Crippen LogP contribution < -0.4 is 0 Å². The first-order chi connectivity index (χ1) is 17.0. The molecule has 0 bridgehead atoms. The summed E-state index contributed by atoms with van der Waals surface area (Å²) < 4.78 is 25.6. The number of hydrogen-bond acceptors (Lipinski definition) is 4. The summed E-state index contributed by atoms with van der Waals surface area (Å²) in [5, 5.41) is 0.432. The zero-order chi connectivity index (χ0) is 27.9. The summed E-state index contributed by atoms with van der Waals surface area (Å²) in [5.41, 5.74) is 1.47. The molecule has 216 valence electrons. The molecule has 37 heavy (non-hydrogen) atoms. The summed E-state index contributed by atoms with van der Waals surface area (Å²) in [7, 11) is -3.67. The largest absolute Gasteiger partial charge is 0.414 e. The van der Waals surface area contributed by atoms with Crippen LogP contribution in [0.25, 0.3) is 0 Å². The molecule has 1 saturated carbocycles. The molecule has 1 aliphatic heterocycles. The molecule has 0 amide bonds. The van der Waals surface area contributed by atoms with Crippen molar-refractivity contribution in [3.8, 4) is 0 Å². The van der Waals surface area contributed by atoms with Crippen LogP contribution in [0.3, 0.4) is 0 Å². The van der Waals surface area contributed by atoms with Gasteiger partial charge in [0.05, 0.1) is 18.3 Å². The van der Waals surface area contributed by atoms with Crippen molar-refractivity contribution in [1.29, 1.82) is 0 Å². The van der Waals surface area contributed by atoms with Gasteiger partial charge in [-0.3, -0.25) is 0 Å². The molecule has 0 N–H and O–H groups in total. The monoisotopic (exact) mass is 552 g/mol. The lowest BCUT2D eigenvalue weighted by molar-refractivity contribution is -0.185. The lowest BCUT2D eigenvalue weighted by Crippen LogP contribution is -2.48. The van der Waals surface area contributed by atoms with Gasteiger partial charge in [0, 0.05) is 6.61 Å². The van der Waals surface area contributed by atoms with E-state index in [4.69, 9.17) is 18.3 Å². The second-order valence-electron chi connectivity index (χ2n) is 14.6. The van der Waals surface area contributed by atoms with Crippen LogP contribution in [0.2, 0.25) is 36.3 Å². The third-order valence-corrected chi connectivity index (χ3v) is 18.1. The maximum Gasteiger partial charge on any atom is 0.192 e. The molecule has 2 rings (SSSR count). The fourth-order valence-corrected chi connectivity index (χ4v) is 7.33. The lowest BCUT2D eigenvalue weighted by Gasteiger charge is -2.45. The fourth-order valence-electron chi connectivity index (χ4n) is 4.60. The van der Waals surface area contributed by atoms with E-state index < -0.39 is 16.6 Å². The van der Waals surface area contributed by atoms with Gasteiger partial charge in [-0.05, 0) is 101 Å². The van der Waals surface area contributed by atoms with Crippen molar-refractivity contribution < 1.29 is 18.3 Å². The van der Waals surface area contributed by atoms with Crippen LogP contribution in [0.4, 0.5) is 0 Å². The van der Waals surface area contributed by atoms with Crippen LogP contribution in [0.1, 0.15) is 106 Å². The van der Waals surface area contributed by atoms with Gasteiger partial charge in [-0.2, -0.15) is 0 Å². The highest BCUT2D eigenvalue weighted by molar-refractivity contribution is 6.74. The molecule has 4 atom stereocenters. The van der Waals surface area contributed by atoms with Gasteiger partial charge in [0.1, 0.15) is 0 Å². The highest BCUT2D eigenvalue weighted by Crippen LogP contribution is 2.43. The molecular weight excluding hydrogens is 493 g/mol. The van der Waals surface area contributed by atoms with E-state index in [0.717, 1.165) is 51.6 Å². The zero-order valence-corrected chi connectivity index (χ0v) is 28.2. The summed E-state index contributed by atoms with van der Waals surface area (Å²) >= 11 is 0. The van der Waals surface area contributed by atoms with E-state index in [1.807, 2.05) is 0 Å². The van der Waals surface area contributed by atoms with Crippen molar-refractivity contribution in [3.63, 3.8) is 0 Å². The Morgan fingerprint density at radius 1 is 0.919 bits per heavy atom. The van der Waals surface area contributed by atoms with Crippen LogP contribution >= 0.6 is 0 Å². The predicted octanol–water partition coefficient (Wildman–Crippen LogP) is 9.54. The zero-order valence-electron chi connectivity index (χ0n) is 26.2. The van der Waals surface area contributed by atoms with E-state index >= 15 is 0 Å². The summed E-state index contributed by atoms with van der Waals surface area (Å²) in [4.78, 5) is 0. The molecule has 2 aliphatic rings. The smallest absolute Gasteiger partial charge is 0.192 e. The second-order valence-corrected chi connectivity index (χ2v) is 24.1. The van der Waals surface area contributed by atoms with E-state index in [9.17, 15) is 0 Å². The van der Waals surface area contributed by atoms with E-state index in [1.165, 1.54) is 18.4 Å². The van der Waals surface area contributed by atoms with Crippen molar-refractivity contribution >= 4 is 16.6 Å². The van der Waals surface area contributed by atoms with Crippen molar-refractivity contribution in [3.05, 3.63) is 23.8 Å². The van der Waals surface area contributed by atoms with Gasteiger partial charge in [-0.1, -0.05) is 65.3 Å². The maximum absolute atomic E-state index is 6.92. The van der Waals surface area contributed by atoms with E-state index in [1.54, 1.807) is 0 Å². The van der Waals surface area contributed by atoms with Gasteiger partial charge in [0.2, 0.25) is 0 Å². The number of unbranched alkanes of at least 4 members (excludes halogenated alkanes) is 1. The van der Waals surface area contributed by atoms with Gasteiger partial charge in [-0.25, -0.2) is 0 Å². The predicted molar refractivity (Wildman–Crippen MR) is 163 cm³/mol. The van der Waals surface area contributed by atoms with Crippen LogP contribution in [0, 0.1) is 0 Å². The van der Waals surface area contributed by atoms with Gasteiger partial charge < -0.3 is 18.3 Å². The average Bonchev–Trinajstić information content (AvgIpc) is 2.74. The van der Waals surface area contributed by atoms with Crippen molar-refractivity contribution in [1.82, 2.24) is 0 Å². The van der Waals surface area contributed by atoms with Crippen molar-refractivity contribution in [2.24, 2.45) is 0 Å². The molecule has 1 heterocycles. The third kappa shape index (κ3) is 11.0. The minimum atomic E-state index is -1.83. The van der Waals surface area contributed by atoms with E-state index in [0.29, 0.717) is 0 Å².